The van der Waals surface area contributed by atoms with E-state index in [0.29, 0.717) is 27.8 Å². The maximum atomic E-state index is 14.0. The Hall–Kier alpha value is -1.76. The summed E-state index contributed by atoms with van der Waals surface area (Å²) in [6, 6.07) is 11.2. The first-order chi connectivity index (χ1) is 16.4. The van der Waals surface area contributed by atoms with E-state index < -0.39 is 6.04 Å². The summed E-state index contributed by atoms with van der Waals surface area (Å²) in [6.07, 6.45) is 5.83. The second-order valence-electron chi connectivity index (χ2n) is 8.61. The molecular formula is C26H31Cl2FN2O2S. The van der Waals surface area contributed by atoms with Gasteiger partial charge in [0, 0.05) is 28.4 Å². The summed E-state index contributed by atoms with van der Waals surface area (Å²) in [6.45, 7) is 2.10. The van der Waals surface area contributed by atoms with Crippen LogP contribution in [0, 0.1) is 5.82 Å². The number of thioether (sulfide) groups is 1. The Morgan fingerprint density at radius 3 is 2.53 bits per heavy atom. The minimum Gasteiger partial charge on any atom is -0.352 e. The third kappa shape index (κ3) is 7.62. The van der Waals surface area contributed by atoms with Gasteiger partial charge in [0.2, 0.25) is 11.8 Å². The molecule has 8 heteroatoms. The van der Waals surface area contributed by atoms with Crippen molar-refractivity contribution in [3.05, 3.63) is 69.5 Å². The molecule has 0 saturated heterocycles. The fourth-order valence-electron chi connectivity index (χ4n) is 4.24. The highest BCUT2D eigenvalue weighted by Gasteiger charge is 2.30. The number of hydrogen-bond acceptors (Lipinski definition) is 3. The fourth-order valence-corrected chi connectivity index (χ4v) is 5.61. The van der Waals surface area contributed by atoms with Gasteiger partial charge in [0.25, 0.3) is 0 Å². The van der Waals surface area contributed by atoms with Gasteiger partial charge in [-0.3, -0.25) is 9.59 Å². The van der Waals surface area contributed by atoms with Crippen molar-refractivity contribution in [2.45, 2.75) is 69.8 Å². The van der Waals surface area contributed by atoms with Crippen LogP contribution < -0.4 is 5.32 Å². The molecule has 184 valence electrons. The minimum atomic E-state index is -0.616. The number of halogens is 3. The Labute approximate surface area is 215 Å². The Bertz CT molecular complexity index is 985. The van der Waals surface area contributed by atoms with Crippen LogP contribution in [0.1, 0.15) is 56.6 Å². The predicted molar refractivity (Wildman–Crippen MR) is 139 cm³/mol. The van der Waals surface area contributed by atoms with Crippen LogP contribution in [0.15, 0.2) is 42.5 Å². The molecule has 1 unspecified atom stereocenters. The Kier molecular flexibility index (Phi) is 10.5. The summed E-state index contributed by atoms with van der Waals surface area (Å²) in [5.74, 6) is -0.0957. The molecule has 0 bridgehead atoms. The van der Waals surface area contributed by atoms with Crippen molar-refractivity contribution in [2.24, 2.45) is 0 Å². The number of rotatable bonds is 10. The SMILES string of the molecule is CCC(C(=O)NC1CCCCC1)N(Cc1ccc(Cl)cc1Cl)C(=O)CSCc1ccccc1F. The minimum absolute atomic E-state index is 0.132. The zero-order chi connectivity index (χ0) is 24.5. The quantitative estimate of drug-likeness (QED) is 0.379. The molecule has 3 rings (SSSR count). The molecule has 1 atom stereocenters. The summed E-state index contributed by atoms with van der Waals surface area (Å²) in [5, 5.41) is 4.12. The first kappa shape index (κ1) is 26.8. The molecule has 1 N–H and O–H groups in total. The Morgan fingerprint density at radius 2 is 1.85 bits per heavy atom. The lowest BCUT2D eigenvalue weighted by Crippen LogP contribution is -2.52. The molecule has 4 nitrogen and oxygen atoms in total. The molecule has 0 aliphatic heterocycles. The fraction of sp³-hybridized carbons (Fsp3) is 0.462. The van der Waals surface area contributed by atoms with Crippen LogP contribution in [0.2, 0.25) is 10.0 Å². The molecule has 34 heavy (non-hydrogen) atoms. The molecule has 2 aromatic carbocycles. The number of nitrogens with zero attached hydrogens (tertiary/aromatic N) is 1. The van der Waals surface area contributed by atoms with Gasteiger partial charge in [-0.1, -0.05) is 73.7 Å². The Balaban J connectivity index is 1.74. The van der Waals surface area contributed by atoms with Gasteiger partial charge in [-0.15, -0.1) is 11.8 Å². The summed E-state index contributed by atoms with van der Waals surface area (Å²) in [4.78, 5) is 28.2. The van der Waals surface area contributed by atoms with E-state index in [1.807, 2.05) is 6.92 Å². The van der Waals surface area contributed by atoms with Gasteiger partial charge in [-0.05, 0) is 48.6 Å². The predicted octanol–water partition coefficient (Wildman–Crippen LogP) is 6.62. The van der Waals surface area contributed by atoms with Crippen LogP contribution in [-0.4, -0.2) is 34.6 Å². The lowest BCUT2D eigenvalue weighted by Gasteiger charge is -2.33. The highest BCUT2D eigenvalue weighted by atomic mass is 35.5. The van der Waals surface area contributed by atoms with E-state index in [-0.39, 0.29) is 36.0 Å². The van der Waals surface area contributed by atoms with E-state index in [9.17, 15) is 14.0 Å². The third-order valence-electron chi connectivity index (χ3n) is 6.13. The summed E-state index contributed by atoms with van der Waals surface area (Å²) >= 11 is 13.8. The van der Waals surface area contributed by atoms with Crippen LogP contribution in [0.5, 0.6) is 0 Å². The number of amides is 2. The second kappa shape index (κ2) is 13.4. The number of carbonyl (C=O) groups is 2. The van der Waals surface area contributed by atoms with E-state index in [2.05, 4.69) is 5.32 Å². The van der Waals surface area contributed by atoms with Crippen molar-refractivity contribution < 1.29 is 14.0 Å². The Morgan fingerprint density at radius 1 is 1.12 bits per heavy atom. The van der Waals surface area contributed by atoms with Crippen molar-refractivity contribution in [3.8, 4) is 0 Å². The maximum Gasteiger partial charge on any atom is 0.243 e. The smallest absolute Gasteiger partial charge is 0.243 e. The van der Waals surface area contributed by atoms with Gasteiger partial charge in [0.05, 0.1) is 5.75 Å². The molecule has 2 amide bonds. The molecule has 0 spiro atoms. The number of benzene rings is 2. The average Bonchev–Trinajstić information content (AvgIpc) is 2.82. The molecule has 1 saturated carbocycles. The van der Waals surface area contributed by atoms with Gasteiger partial charge in [-0.25, -0.2) is 4.39 Å². The second-order valence-corrected chi connectivity index (χ2v) is 10.4. The van der Waals surface area contributed by atoms with E-state index in [4.69, 9.17) is 23.2 Å². The zero-order valence-electron chi connectivity index (χ0n) is 19.4. The molecule has 0 radical (unpaired) electrons. The van der Waals surface area contributed by atoms with Gasteiger partial charge >= 0.3 is 0 Å². The van der Waals surface area contributed by atoms with Crippen LogP contribution in [0.25, 0.3) is 0 Å². The van der Waals surface area contributed by atoms with Crippen molar-refractivity contribution in [1.82, 2.24) is 10.2 Å². The lowest BCUT2D eigenvalue weighted by atomic mass is 9.95. The maximum absolute atomic E-state index is 14.0. The van der Waals surface area contributed by atoms with E-state index in [1.54, 1.807) is 41.3 Å². The molecule has 1 aliphatic carbocycles. The van der Waals surface area contributed by atoms with E-state index in [0.717, 1.165) is 31.2 Å². The highest BCUT2D eigenvalue weighted by Crippen LogP contribution is 2.25. The lowest BCUT2D eigenvalue weighted by molar-refractivity contribution is -0.139. The first-order valence-electron chi connectivity index (χ1n) is 11.7. The third-order valence-corrected chi connectivity index (χ3v) is 7.69. The molecule has 0 aromatic heterocycles. The van der Waals surface area contributed by atoms with Crippen molar-refractivity contribution >= 4 is 46.8 Å². The van der Waals surface area contributed by atoms with Crippen LogP contribution in [0.3, 0.4) is 0 Å². The van der Waals surface area contributed by atoms with Crippen LogP contribution in [0.4, 0.5) is 4.39 Å². The summed E-state index contributed by atoms with van der Waals surface area (Å²) in [7, 11) is 0. The van der Waals surface area contributed by atoms with Crippen molar-refractivity contribution in [1.29, 1.82) is 0 Å². The monoisotopic (exact) mass is 524 g/mol. The van der Waals surface area contributed by atoms with Gasteiger partial charge < -0.3 is 10.2 Å². The number of hydrogen-bond donors (Lipinski definition) is 1. The standard InChI is InChI=1S/C26H31Cl2FN2O2S/c1-2-24(26(33)30-21-9-4-3-5-10-21)31(15-18-12-13-20(27)14-22(18)28)25(32)17-34-16-19-8-6-7-11-23(19)29/h6-8,11-14,21,24H,2-5,9-10,15-17H2,1H3,(H,30,33). The van der Waals surface area contributed by atoms with Gasteiger partial charge in [-0.2, -0.15) is 0 Å². The van der Waals surface area contributed by atoms with Gasteiger partial charge in [0.1, 0.15) is 11.9 Å². The van der Waals surface area contributed by atoms with E-state index in [1.165, 1.54) is 24.2 Å². The normalized spacial score (nSPS) is 15.1. The average molecular weight is 526 g/mol. The van der Waals surface area contributed by atoms with Crippen LogP contribution in [-0.2, 0) is 21.9 Å². The molecule has 1 fully saturated rings. The molecular weight excluding hydrogens is 494 g/mol. The summed E-state index contributed by atoms with van der Waals surface area (Å²) in [5.41, 5.74) is 1.28. The first-order valence-corrected chi connectivity index (χ1v) is 13.6. The molecule has 1 aliphatic rings. The van der Waals surface area contributed by atoms with Crippen molar-refractivity contribution in [2.75, 3.05) is 5.75 Å². The number of nitrogens with one attached hydrogen (secondary N) is 1. The van der Waals surface area contributed by atoms with Crippen LogP contribution >= 0.6 is 35.0 Å². The summed E-state index contributed by atoms with van der Waals surface area (Å²) < 4.78 is 14.0. The number of carbonyl (C=O) groups excluding carboxylic acids is 2. The van der Waals surface area contributed by atoms with Gasteiger partial charge in [0.15, 0.2) is 0 Å². The van der Waals surface area contributed by atoms with Crippen molar-refractivity contribution in [3.63, 3.8) is 0 Å². The van der Waals surface area contributed by atoms with E-state index >= 15 is 0 Å². The topological polar surface area (TPSA) is 49.4 Å². The zero-order valence-corrected chi connectivity index (χ0v) is 21.7. The molecule has 2 aromatic rings. The largest absolute Gasteiger partial charge is 0.352 e. The highest BCUT2D eigenvalue weighted by molar-refractivity contribution is 7.99. The molecule has 0 heterocycles.